The van der Waals surface area contributed by atoms with Gasteiger partial charge in [0.2, 0.25) is 0 Å². The van der Waals surface area contributed by atoms with Crippen LogP contribution in [0.4, 0.5) is 0 Å². The molecule has 0 unspecified atom stereocenters. The molecule has 3 rings (SSSR count). The van der Waals surface area contributed by atoms with Gasteiger partial charge in [0.15, 0.2) is 0 Å². The minimum absolute atomic E-state index is 0.853. The van der Waals surface area contributed by atoms with Gasteiger partial charge in [0, 0.05) is 11.6 Å². The minimum atomic E-state index is 0.853. The van der Waals surface area contributed by atoms with Gasteiger partial charge >= 0.3 is 0 Å². The van der Waals surface area contributed by atoms with Crippen molar-refractivity contribution in [3.05, 3.63) is 54.2 Å². The fraction of sp³-hybridized carbons (Fsp3) is 0.133. The maximum atomic E-state index is 5.22. The van der Waals surface area contributed by atoms with Crippen molar-refractivity contribution in [2.75, 3.05) is 7.11 Å². The van der Waals surface area contributed by atoms with Gasteiger partial charge in [-0.05, 0) is 37.3 Å². The highest BCUT2D eigenvalue weighted by Crippen LogP contribution is 2.21. The summed E-state index contributed by atoms with van der Waals surface area (Å²) in [6, 6.07) is 14.2. The molecule has 0 radical (unpaired) electrons. The molecule has 0 aliphatic carbocycles. The van der Waals surface area contributed by atoms with E-state index < -0.39 is 0 Å². The van der Waals surface area contributed by atoms with Crippen LogP contribution in [0.3, 0.4) is 0 Å². The van der Waals surface area contributed by atoms with Crippen LogP contribution >= 0.6 is 0 Å². The maximum Gasteiger partial charge on any atom is 0.119 e. The van der Waals surface area contributed by atoms with Gasteiger partial charge < -0.3 is 4.74 Å². The van der Waals surface area contributed by atoms with Crippen LogP contribution in [0.25, 0.3) is 16.6 Å². The second-order valence-electron chi connectivity index (χ2n) is 4.33. The fourth-order valence-corrected chi connectivity index (χ4v) is 1.96. The van der Waals surface area contributed by atoms with Crippen molar-refractivity contribution < 1.29 is 4.74 Å². The molecular formula is C15H14N2O. The van der Waals surface area contributed by atoms with Crippen molar-refractivity contribution in [2.24, 2.45) is 0 Å². The van der Waals surface area contributed by atoms with Gasteiger partial charge in [-0.3, -0.25) is 0 Å². The Morgan fingerprint density at radius 2 is 1.83 bits per heavy atom. The molecule has 3 aromatic rings. The van der Waals surface area contributed by atoms with Crippen LogP contribution in [0.1, 0.15) is 5.56 Å². The van der Waals surface area contributed by atoms with Crippen LogP contribution < -0.4 is 4.74 Å². The van der Waals surface area contributed by atoms with Crippen molar-refractivity contribution in [3.63, 3.8) is 0 Å². The molecule has 0 aliphatic heterocycles. The van der Waals surface area contributed by atoms with Crippen LogP contribution in [-0.2, 0) is 0 Å². The zero-order chi connectivity index (χ0) is 12.5. The Morgan fingerprint density at radius 1 is 1.06 bits per heavy atom. The lowest BCUT2D eigenvalue weighted by molar-refractivity contribution is 0.415. The van der Waals surface area contributed by atoms with Crippen LogP contribution in [0.15, 0.2) is 48.7 Å². The molecule has 2 aromatic carbocycles. The van der Waals surface area contributed by atoms with Gasteiger partial charge in [-0.25, -0.2) is 4.68 Å². The van der Waals surface area contributed by atoms with Crippen LogP contribution in [-0.4, -0.2) is 16.9 Å². The standard InChI is InChI=1S/C15H14N2O/c1-11-3-5-13(6-4-11)17-10-12-9-14(18-2)7-8-15(12)16-17/h3-10H,1-2H3. The predicted octanol–water partition coefficient (Wildman–Crippen LogP) is 3.34. The fourth-order valence-electron chi connectivity index (χ4n) is 1.96. The van der Waals surface area contributed by atoms with Gasteiger partial charge in [0.05, 0.1) is 18.3 Å². The van der Waals surface area contributed by atoms with Gasteiger partial charge in [-0.2, -0.15) is 5.10 Å². The summed E-state index contributed by atoms with van der Waals surface area (Å²) >= 11 is 0. The van der Waals surface area contributed by atoms with E-state index in [4.69, 9.17) is 4.74 Å². The molecule has 0 saturated carbocycles. The molecule has 0 bridgehead atoms. The Hall–Kier alpha value is -2.29. The first-order valence-electron chi connectivity index (χ1n) is 5.87. The second-order valence-corrected chi connectivity index (χ2v) is 4.33. The maximum absolute atomic E-state index is 5.22. The van der Waals surface area contributed by atoms with Gasteiger partial charge in [0.25, 0.3) is 0 Å². The highest BCUT2D eigenvalue weighted by atomic mass is 16.5. The van der Waals surface area contributed by atoms with E-state index in [9.17, 15) is 0 Å². The van der Waals surface area contributed by atoms with E-state index in [1.54, 1.807) is 7.11 Å². The zero-order valence-electron chi connectivity index (χ0n) is 10.4. The van der Waals surface area contributed by atoms with Gasteiger partial charge in [-0.1, -0.05) is 17.7 Å². The van der Waals surface area contributed by atoms with Gasteiger partial charge in [0.1, 0.15) is 5.75 Å². The minimum Gasteiger partial charge on any atom is -0.497 e. The zero-order valence-corrected chi connectivity index (χ0v) is 10.4. The van der Waals surface area contributed by atoms with E-state index in [-0.39, 0.29) is 0 Å². The molecule has 0 fully saturated rings. The number of fused-ring (bicyclic) bond motifs is 1. The molecule has 0 atom stereocenters. The number of rotatable bonds is 2. The quantitative estimate of drug-likeness (QED) is 0.684. The third kappa shape index (κ3) is 1.84. The number of ether oxygens (including phenoxy) is 1. The molecular weight excluding hydrogens is 224 g/mol. The number of aromatic nitrogens is 2. The van der Waals surface area contributed by atoms with E-state index in [1.165, 1.54) is 5.56 Å². The first-order valence-corrected chi connectivity index (χ1v) is 5.87. The number of hydrogen-bond donors (Lipinski definition) is 0. The lowest BCUT2D eigenvalue weighted by atomic mass is 10.2. The summed E-state index contributed by atoms with van der Waals surface area (Å²) in [5.74, 6) is 0.853. The monoisotopic (exact) mass is 238 g/mol. The molecule has 0 aliphatic rings. The highest BCUT2D eigenvalue weighted by Gasteiger charge is 2.03. The van der Waals surface area contributed by atoms with E-state index in [1.807, 2.05) is 29.1 Å². The Labute approximate surface area is 106 Å². The van der Waals surface area contributed by atoms with E-state index in [0.29, 0.717) is 0 Å². The van der Waals surface area contributed by atoms with Crippen LogP contribution in [0.2, 0.25) is 0 Å². The third-order valence-electron chi connectivity index (χ3n) is 3.01. The van der Waals surface area contributed by atoms with Crippen molar-refractivity contribution >= 4 is 10.9 Å². The molecule has 0 saturated heterocycles. The summed E-state index contributed by atoms with van der Waals surface area (Å²) < 4.78 is 7.11. The lowest BCUT2D eigenvalue weighted by Crippen LogP contribution is -1.93. The third-order valence-corrected chi connectivity index (χ3v) is 3.01. The lowest BCUT2D eigenvalue weighted by Gasteiger charge is -2.00. The predicted molar refractivity (Wildman–Crippen MR) is 72.4 cm³/mol. The summed E-state index contributed by atoms with van der Waals surface area (Å²) in [4.78, 5) is 0. The summed E-state index contributed by atoms with van der Waals surface area (Å²) in [5, 5.41) is 5.63. The SMILES string of the molecule is COc1ccc2nn(-c3ccc(C)cc3)cc2c1. The molecule has 3 heteroatoms. The molecule has 1 heterocycles. The van der Waals surface area contributed by atoms with Crippen molar-refractivity contribution in [1.82, 2.24) is 9.78 Å². The number of nitrogens with zero attached hydrogens (tertiary/aromatic N) is 2. The molecule has 0 spiro atoms. The summed E-state index contributed by atoms with van der Waals surface area (Å²) in [6.07, 6.45) is 2.02. The summed E-state index contributed by atoms with van der Waals surface area (Å²) in [6.45, 7) is 2.08. The summed E-state index contributed by atoms with van der Waals surface area (Å²) in [5.41, 5.74) is 3.28. The van der Waals surface area contributed by atoms with Crippen molar-refractivity contribution in [2.45, 2.75) is 6.92 Å². The van der Waals surface area contributed by atoms with E-state index in [0.717, 1.165) is 22.3 Å². The molecule has 0 N–H and O–H groups in total. The summed E-state index contributed by atoms with van der Waals surface area (Å²) in [7, 11) is 1.67. The molecule has 90 valence electrons. The van der Waals surface area contributed by atoms with Crippen molar-refractivity contribution in [3.8, 4) is 11.4 Å². The number of benzene rings is 2. The molecule has 1 aromatic heterocycles. The topological polar surface area (TPSA) is 27.1 Å². The van der Waals surface area contributed by atoms with Crippen LogP contribution in [0.5, 0.6) is 5.75 Å². The Bertz CT molecular complexity index is 683. The van der Waals surface area contributed by atoms with Gasteiger partial charge in [-0.15, -0.1) is 0 Å². The number of hydrogen-bond acceptors (Lipinski definition) is 2. The molecule has 0 amide bonds. The van der Waals surface area contributed by atoms with E-state index >= 15 is 0 Å². The normalized spacial score (nSPS) is 10.8. The smallest absolute Gasteiger partial charge is 0.119 e. The first-order chi connectivity index (χ1) is 8.76. The first kappa shape index (κ1) is 10.8. The number of methoxy groups -OCH3 is 1. The largest absolute Gasteiger partial charge is 0.497 e. The average molecular weight is 238 g/mol. The molecule has 18 heavy (non-hydrogen) atoms. The number of aryl methyl sites for hydroxylation is 1. The van der Waals surface area contributed by atoms with Crippen molar-refractivity contribution in [1.29, 1.82) is 0 Å². The Balaban J connectivity index is 2.10. The molecule has 3 nitrogen and oxygen atoms in total. The Morgan fingerprint density at radius 3 is 2.56 bits per heavy atom. The highest BCUT2D eigenvalue weighted by molar-refractivity contribution is 5.80. The Kier molecular flexibility index (Phi) is 2.52. The second kappa shape index (κ2) is 4.18. The van der Waals surface area contributed by atoms with E-state index in [2.05, 4.69) is 36.3 Å². The average Bonchev–Trinajstić information content (AvgIpc) is 2.82. The van der Waals surface area contributed by atoms with Crippen LogP contribution in [0, 0.1) is 6.92 Å².